The predicted octanol–water partition coefficient (Wildman–Crippen LogP) is 24.0. The molecule has 6 nitrogen and oxygen atoms in total. The zero-order valence-electron chi connectivity index (χ0n) is 53.5. The lowest BCUT2D eigenvalue weighted by atomic mass is 10.0. The molecule has 1 unspecified atom stereocenters. The van der Waals surface area contributed by atoms with Gasteiger partial charge in [-0.15, -0.1) is 0 Å². The molecular formula is C75H130O6. The smallest absolute Gasteiger partial charge is 0.306 e. The monoisotopic (exact) mass is 1130 g/mol. The Hall–Kier alpha value is -3.67. The van der Waals surface area contributed by atoms with Crippen molar-refractivity contribution in [3.63, 3.8) is 0 Å². The minimum Gasteiger partial charge on any atom is -0.462 e. The van der Waals surface area contributed by atoms with Gasteiger partial charge in [-0.05, 0) is 122 Å². The largest absolute Gasteiger partial charge is 0.462 e. The highest BCUT2D eigenvalue weighted by Crippen LogP contribution is 2.17. The van der Waals surface area contributed by atoms with E-state index in [2.05, 4.69) is 118 Å². The number of carbonyl (C=O) groups is 3. The maximum absolute atomic E-state index is 12.9. The van der Waals surface area contributed by atoms with Crippen LogP contribution in [0.1, 0.15) is 342 Å². The Balaban J connectivity index is 4.30. The zero-order valence-corrected chi connectivity index (χ0v) is 53.5. The van der Waals surface area contributed by atoms with Gasteiger partial charge < -0.3 is 14.2 Å². The third-order valence-electron chi connectivity index (χ3n) is 15.0. The highest BCUT2D eigenvalue weighted by molar-refractivity contribution is 5.71. The molecule has 466 valence electrons. The average molecular weight is 1130 g/mol. The number of allylic oxidation sites excluding steroid dienone is 16. The van der Waals surface area contributed by atoms with E-state index in [4.69, 9.17) is 14.2 Å². The summed E-state index contributed by atoms with van der Waals surface area (Å²) >= 11 is 0. The van der Waals surface area contributed by atoms with Gasteiger partial charge in [-0.3, -0.25) is 14.4 Å². The maximum atomic E-state index is 12.9. The van der Waals surface area contributed by atoms with Crippen molar-refractivity contribution >= 4 is 17.9 Å². The molecule has 1 atom stereocenters. The Morgan fingerprint density at radius 1 is 0.259 bits per heavy atom. The van der Waals surface area contributed by atoms with Gasteiger partial charge in [0.2, 0.25) is 0 Å². The zero-order chi connectivity index (χ0) is 58.5. The summed E-state index contributed by atoms with van der Waals surface area (Å²) in [5.74, 6) is -0.909. The highest BCUT2D eigenvalue weighted by atomic mass is 16.6. The summed E-state index contributed by atoms with van der Waals surface area (Å²) in [6, 6.07) is 0. The SMILES string of the molecule is CC/C=C\C/C=C\C/C=C\CCCCCC(=O)OCC(COC(=O)CCCCCCCCCCCCCC/C=C\C/C=C\C/C=C\CCCCCCC)OC(=O)CCCCCCCCCCCCC/C=C\C/C=C\CCCCCCC. The van der Waals surface area contributed by atoms with E-state index in [0.29, 0.717) is 19.3 Å². The first-order chi connectivity index (χ1) is 40.0. The summed E-state index contributed by atoms with van der Waals surface area (Å²) in [7, 11) is 0. The number of esters is 3. The first-order valence-corrected chi connectivity index (χ1v) is 34.7. The molecule has 0 aromatic heterocycles. The van der Waals surface area contributed by atoms with Gasteiger partial charge in [0.15, 0.2) is 6.10 Å². The summed E-state index contributed by atoms with van der Waals surface area (Å²) in [5, 5.41) is 0. The van der Waals surface area contributed by atoms with Gasteiger partial charge in [-0.25, -0.2) is 0 Å². The lowest BCUT2D eigenvalue weighted by molar-refractivity contribution is -0.167. The molecule has 0 heterocycles. The lowest BCUT2D eigenvalue weighted by Gasteiger charge is -2.18. The van der Waals surface area contributed by atoms with E-state index in [1.807, 2.05) is 0 Å². The number of ether oxygens (including phenoxy) is 3. The van der Waals surface area contributed by atoms with Crippen LogP contribution in [-0.2, 0) is 28.6 Å². The normalized spacial score (nSPS) is 12.7. The molecule has 0 aliphatic carbocycles. The van der Waals surface area contributed by atoms with Crippen LogP contribution in [-0.4, -0.2) is 37.2 Å². The molecule has 0 radical (unpaired) electrons. The highest BCUT2D eigenvalue weighted by Gasteiger charge is 2.19. The summed E-state index contributed by atoms with van der Waals surface area (Å²) < 4.78 is 16.9. The number of hydrogen-bond donors (Lipinski definition) is 0. The van der Waals surface area contributed by atoms with Crippen molar-refractivity contribution in [3.05, 3.63) is 97.2 Å². The van der Waals surface area contributed by atoms with Crippen molar-refractivity contribution in [2.24, 2.45) is 0 Å². The Morgan fingerprint density at radius 2 is 0.481 bits per heavy atom. The minimum absolute atomic E-state index is 0.0875. The molecule has 0 fully saturated rings. The topological polar surface area (TPSA) is 78.9 Å². The van der Waals surface area contributed by atoms with Crippen molar-refractivity contribution in [2.45, 2.75) is 348 Å². The average Bonchev–Trinajstić information content (AvgIpc) is 3.46. The predicted molar refractivity (Wildman–Crippen MR) is 353 cm³/mol. The standard InChI is InChI=1S/C75H130O6/c1-4-7-10-13-16-19-22-25-27-29-31-33-35-36-37-38-40-41-43-45-47-50-53-56-59-62-65-68-74(77)80-71-72(70-79-73(76)67-64-61-58-55-52-49-24-21-18-15-12-9-6-3)81-75(78)69-66-63-60-57-54-51-48-46-44-42-39-34-32-30-28-26-23-20-17-14-11-8-5-2/h9,12,18,21-23,25-26,29-32,35-36,49,52,72H,4-8,10-11,13-17,19-20,24,27-28,33-34,37-48,50-51,53-71H2,1-3H3/b12-9-,21-18-,25-22-,26-23-,31-29-,32-30-,36-35-,52-49-. The van der Waals surface area contributed by atoms with Crippen LogP contribution >= 0.6 is 0 Å². The number of unbranched alkanes of at least 4 members (excludes halogenated alkanes) is 36. The second-order valence-corrected chi connectivity index (χ2v) is 23.1. The van der Waals surface area contributed by atoms with Crippen LogP contribution < -0.4 is 0 Å². The Morgan fingerprint density at radius 3 is 0.765 bits per heavy atom. The van der Waals surface area contributed by atoms with Gasteiger partial charge in [-0.1, -0.05) is 298 Å². The van der Waals surface area contributed by atoms with Crippen molar-refractivity contribution in [2.75, 3.05) is 13.2 Å². The van der Waals surface area contributed by atoms with Gasteiger partial charge in [0.1, 0.15) is 13.2 Å². The Labute approximate surface area is 502 Å². The molecule has 0 spiro atoms. The molecule has 0 saturated carbocycles. The van der Waals surface area contributed by atoms with Crippen molar-refractivity contribution < 1.29 is 28.6 Å². The fraction of sp³-hybridized carbons (Fsp3) is 0.747. The van der Waals surface area contributed by atoms with Gasteiger partial charge in [0, 0.05) is 19.3 Å². The Kier molecular flexibility index (Phi) is 65.7. The molecule has 0 aromatic carbocycles. The molecular weight excluding hydrogens is 997 g/mol. The van der Waals surface area contributed by atoms with Gasteiger partial charge >= 0.3 is 17.9 Å². The van der Waals surface area contributed by atoms with E-state index in [-0.39, 0.29) is 31.1 Å². The number of carbonyl (C=O) groups excluding carboxylic acids is 3. The summed E-state index contributed by atoms with van der Waals surface area (Å²) in [4.78, 5) is 38.4. The molecule has 0 N–H and O–H groups in total. The quantitative estimate of drug-likeness (QED) is 0.0261. The van der Waals surface area contributed by atoms with E-state index in [1.54, 1.807) is 0 Å². The van der Waals surface area contributed by atoms with Gasteiger partial charge in [0.25, 0.3) is 0 Å². The fourth-order valence-corrected chi connectivity index (χ4v) is 9.85. The molecule has 0 rings (SSSR count). The van der Waals surface area contributed by atoms with Crippen LogP contribution in [0.15, 0.2) is 97.2 Å². The van der Waals surface area contributed by atoms with E-state index < -0.39 is 6.10 Å². The van der Waals surface area contributed by atoms with Gasteiger partial charge in [0.05, 0.1) is 0 Å². The second kappa shape index (κ2) is 68.8. The number of hydrogen-bond acceptors (Lipinski definition) is 6. The summed E-state index contributed by atoms with van der Waals surface area (Å²) in [6.07, 6.45) is 92.9. The maximum Gasteiger partial charge on any atom is 0.306 e. The number of rotatable bonds is 63. The third-order valence-corrected chi connectivity index (χ3v) is 15.0. The first kappa shape index (κ1) is 77.3. The Bertz CT molecular complexity index is 1580. The lowest BCUT2D eigenvalue weighted by Crippen LogP contribution is -2.30. The van der Waals surface area contributed by atoms with Crippen molar-refractivity contribution in [1.29, 1.82) is 0 Å². The van der Waals surface area contributed by atoms with Crippen LogP contribution in [0.25, 0.3) is 0 Å². The third kappa shape index (κ3) is 67.0. The first-order valence-electron chi connectivity index (χ1n) is 34.7. The van der Waals surface area contributed by atoms with Gasteiger partial charge in [-0.2, -0.15) is 0 Å². The molecule has 81 heavy (non-hydrogen) atoms. The van der Waals surface area contributed by atoms with Crippen LogP contribution in [0.2, 0.25) is 0 Å². The van der Waals surface area contributed by atoms with Crippen LogP contribution in [0.5, 0.6) is 0 Å². The van der Waals surface area contributed by atoms with Crippen LogP contribution in [0.4, 0.5) is 0 Å². The summed E-state index contributed by atoms with van der Waals surface area (Å²) in [6.45, 7) is 6.51. The summed E-state index contributed by atoms with van der Waals surface area (Å²) in [5.41, 5.74) is 0. The minimum atomic E-state index is -0.794. The molecule has 0 amide bonds. The van der Waals surface area contributed by atoms with Crippen LogP contribution in [0.3, 0.4) is 0 Å². The molecule has 0 aliphatic heterocycles. The van der Waals surface area contributed by atoms with Crippen molar-refractivity contribution in [3.8, 4) is 0 Å². The molecule has 6 heteroatoms. The second-order valence-electron chi connectivity index (χ2n) is 23.1. The van der Waals surface area contributed by atoms with Crippen LogP contribution in [0, 0.1) is 0 Å². The molecule has 0 aliphatic rings. The fourth-order valence-electron chi connectivity index (χ4n) is 9.85. The van der Waals surface area contributed by atoms with E-state index >= 15 is 0 Å². The molecule has 0 saturated heterocycles. The van der Waals surface area contributed by atoms with E-state index in [0.717, 1.165) is 103 Å². The molecule has 0 bridgehead atoms. The van der Waals surface area contributed by atoms with E-state index in [1.165, 1.54) is 199 Å². The molecule has 0 aromatic rings. The van der Waals surface area contributed by atoms with Crippen molar-refractivity contribution in [1.82, 2.24) is 0 Å². The van der Waals surface area contributed by atoms with E-state index in [9.17, 15) is 14.4 Å².